The molecule has 0 fully saturated rings. The van der Waals surface area contributed by atoms with Crippen LogP contribution in [0.1, 0.15) is 4.57 Å². The molecule has 0 aliphatic rings. The van der Waals surface area contributed by atoms with Gasteiger partial charge in [-0.25, -0.2) is 0 Å². The van der Waals surface area contributed by atoms with Gasteiger partial charge >= 0.3 is 112 Å². The van der Waals surface area contributed by atoms with Gasteiger partial charge in [0.15, 0.2) is 0 Å². The van der Waals surface area contributed by atoms with E-state index in [-0.39, 0.29) is 0 Å². The van der Waals surface area contributed by atoms with Crippen LogP contribution in [-0.2, 0) is 0 Å². The van der Waals surface area contributed by atoms with Crippen LogP contribution in [0.25, 0.3) is 15.8 Å². The van der Waals surface area contributed by atoms with Gasteiger partial charge in [-0.05, 0) is 0 Å². The molecular weight excluding hydrogens is 287 g/mol. The first-order chi connectivity index (χ1) is 8.84. The third-order valence-corrected chi connectivity index (χ3v) is 4.75. The quantitative estimate of drug-likeness (QED) is 0.524. The zero-order chi connectivity index (χ0) is 12.4. The zero-order valence-corrected chi connectivity index (χ0v) is 11.8. The molecule has 2 aromatic carbocycles. The van der Waals surface area contributed by atoms with E-state index >= 15 is 0 Å². The Morgan fingerprint density at radius 3 is 2.17 bits per heavy atom. The summed E-state index contributed by atoms with van der Waals surface area (Å²) in [5.41, 5.74) is 2.40. The molecule has 0 spiro atoms. The first-order valence-corrected chi connectivity index (χ1v) is 7.56. The average molecular weight is 300 g/mol. The topological polar surface area (TPSA) is 16.8 Å². The van der Waals surface area contributed by atoms with Crippen LogP contribution >= 0.6 is 0 Å². The van der Waals surface area contributed by atoms with Gasteiger partial charge in [0.25, 0.3) is 0 Å². The number of aryl methyl sites for hydroxylation is 1. The van der Waals surface area contributed by atoms with Crippen molar-refractivity contribution in [1.82, 2.24) is 5.10 Å². The summed E-state index contributed by atoms with van der Waals surface area (Å²) in [7, 11) is 0. The van der Waals surface area contributed by atoms with Crippen molar-refractivity contribution in [3.8, 4) is 15.8 Å². The summed E-state index contributed by atoms with van der Waals surface area (Å²) in [4.78, 5) is 0. The van der Waals surface area contributed by atoms with Crippen LogP contribution in [0.5, 0.6) is 0 Å². The molecular formula is C15H13N2Se+. The van der Waals surface area contributed by atoms with Gasteiger partial charge in [-0.15, -0.1) is 0 Å². The van der Waals surface area contributed by atoms with Gasteiger partial charge in [0, 0.05) is 0 Å². The molecule has 0 saturated heterocycles. The van der Waals surface area contributed by atoms with Gasteiger partial charge in [0.1, 0.15) is 0 Å². The molecule has 0 bridgehead atoms. The number of benzene rings is 2. The van der Waals surface area contributed by atoms with Gasteiger partial charge in [-0.2, -0.15) is 0 Å². The molecule has 0 unspecified atom stereocenters. The Balaban J connectivity index is 2.17. The van der Waals surface area contributed by atoms with E-state index in [4.69, 9.17) is 0 Å². The standard InChI is InChI=1S/C15H13N2Se/c1-12-16-17(14-10-6-3-7-11-14)15(18-12)13-8-4-2-5-9-13/h2-11H,1H3/q+1. The van der Waals surface area contributed by atoms with Crippen molar-refractivity contribution >= 4 is 14.5 Å². The Morgan fingerprint density at radius 2 is 1.50 bits per heavy atom. The number of para-hydroxylation sites is 1. The second-order valence-corrected chi connectivity index (χ2v) is 6.52. The molecule has 0 N–H and O–H groups in total. The molecule has 3 heteroatoms. The SMILES string of the molecule is Cc1n[n+](-c2ccccc2)c(-c2ccccc2)[se]1. The third-order valence-electron chi connectivity index (χ3n) is 2.70. The van der Waals surface area contributed by atoms with Crippen LogP contribution in [0.3, 0.4) is 0 Å². The van der Waals surface area contributed by atoms with Gasteiger partial charge in [0.05, 0.1) is 0 Å². The van der Waals surface area contributed by atoms with Crippen molar-refractivity contribution in [3.05, 3.63) is 65.2 Å². The van der Waals surface area contributed by atoms with Crippen LogP contribution in [-0.4, -0.2) is 19.6 Å². The van der Waals surface area contributed by atoms with E-state index in [2.05, 4.69) is 53.1 Å². The van der Waals surface area contributed by atoms with Crippen LogP contribution in [0.4, 0.5) is 0 Å². The summed E-state index contributed by atoms with van der Waals surface area (Å²) < 4.78 is 4.60. The average Bonchev–Trinajstić information content (AvgIpc) is 2.83. The van der Waals surface area contributed by atoms with Crippen LogP contribution in [0.2, 0.25) is 0 Å². The fourth-order valence-electron chi connectivity index (χ4n) is 1.90. The summed E-state index contributed by atoms with van der Waals surface area (Å²) in [5, 5.41) is 4.66. The van der Waals surface area contributed by atoms with E-state index in [1.807, 2.05) is 24.3 Å². The maximum absolute atomic E-state index is 4.66. The monoisotopic (exact) mass is 301 g/mol. The fourth-order valence-corrected chi connectivity index (χ4v) is 3.76. The predicted octanol–water partition coefficient (Wildman–Crippen LogP) is 2.39. The number of nitrogens with zero attached hydrogens (tertiary/aromatic N) is 2. The van der Waals surface area contributed by atoms with Crippen molar-refractivity contribution in [2.75, 3.05) is 0 Å². The van der Waals surface area contributed by atoms with E-state index in [0.29, 0.717) is 14.5 Å². The van der Waals surface area contributed by atoms with Crippen molar-refractivity contribution < 1.29 is 4.68 Å². The Hall–Kier alpha value is -1.70. The molecule has 88 valence electrons. The molecule has 18 heavy (non-hydrogen) atoms. The number of hydrogen-bond acceptors (Lipinski definition) is 1. The molecule has 0 amide bonds. The Labute approximate surface area is 112 Å². The first-order valence-electron chi connectivity index (χ1n) is 5.85. The Bertz CT molecular complexity index is 588. The van der Waals surface area contributed by atoms with Gasteiger partial charge in [-0.1, -0.05) is 0 Å². The van der Waals surface area contributed by atoms with Crippen molar-refractivity contribution in [3.63, 3.8) is 0 Å². The van der Waals surface area contributed by atoms with Crippen molar-refractivity contribution in [2.45, 2.75) is 6.92 Å². The summed E-state index contributed by atoms with van der Waals surface area (Å²) in [6.07, 6.45) is 0. The Morgan fingerprint density at radius 1 is 0.889 bits per heavy atom. The third kappa shape index (κ3) is 2.15. The number of rotatable bonds is 2. The zero-order valence-electron chi connectivity index (χ0n) is 10.1. The maximum atomic E-state index is 4.66. The van der Waals surface area contributed by atoms with E-state index in [1.54, 1.807) is 0 Å². The van der Waals surface area contributed by atoms with E-state index < -0.39 is 0 Å². The number of aromatic nitrogens is 2. The minimum absolute atomic E-state index is 0.317. The van der Waals surface area contributed by atoms with E-state index in [0.717, 1.165) is 5.69 Å². The van der Waals surface area contributed by atoms with Crippen molar-refractivity contribution in [2.24, 2.45) is 0 Å². The molecule has 0 radical (unpaired) electrons. The molecule has 3 aromatic rings. The summed E-state index contributed by atoms with van der Waals surface area (Å²) in [5.74, 6) is 0. The molecule has 3 rings (SSSR count). The fraction of sp³-hybridized carbons (Fsp3) is 0.0667. The van der Waals surface area contributed by atoms with E-state index in [1.165, 1.54) is 14.7 Å². The molecule has 1 heterocycles. The summed E-state index contributed by atoms with van der Waals surface area (Å²) in [6.45, 7) is 2.10. The number of hydrogen-bond donors (Lipinski definition) is 0. The minimum atomic E-state index is 0.317. The summed E-state index contributed by atoms with van der Waals surface area (Å²) in [6, 6.07) is 20.8. The van der Waals surface area contributed by atoms with Gasteiger partial charge in [0.2, 0.25) is 0 Å². The molecule has 0 aliphatic heterocycles. The molecule has 0 atom stereocenters. The molecule has 0 aliphatic carbocycles. The first kappa shape index (κ1) is 11.4. The normalized spacial score (nSPS) is 10.5. The second kappa shape index (κ2) is 4.89. The summed E-state index contributed by atoms with van der Waals surface area (Å²) >= 11 is 0.317. The molecule has 2 nitrogen and oxygen atoms in total. The second-order valence-electron chi connectivity index (χ2n) is 4.04. The van der Waals surface area contributed by atoms with Gasteiger partial charge in [-0.3, -0.25) is 0 Å². The van der Waals surface area contributed by atoms with Crippen LogP contribution < -0.4 is 4.68 Å². The van der Waals surface area contributed by atoms with Gasteiger partial charge < -0.3 is 0 Å². The van der Waals surface area contributed by atoms with Crippen LogP contribution in [0, 0.1) is 6.92 Å². The van der Waals surface area contributed by atoms with E-state index in [9.17, 15) is 0 Å². The molecule has 1 aromatic heterocycles. The van der Waals surface area contributed by atoms with Crippen LogP contribution in [0.15, 0.2) is 60.7 Å². The Kier molecular flexibility index (Phi) is 3.09. The molecule has 0 saturated carbocycles. The van der Waals surface area contributed by atoms with Crippen molar-refractivity contribution in [1.29, 1.82) is 0 Å². The predicted molar refractivity (Wildman–Crippen MR) is 72.9 cm³/mol.